The Hall–Kier alpha value is -2.97. The van der Waals surface area contributed by atoms with Crippen molar-refractivity contribution in [3.63, 3.8) is 0 Å². The fourth-order valence-corrected chi connectivity index (χ4v) is 5.20. The lowest BCUT2D eigenvalue weighted by Crippen LogP contribution is -2.43. The summed E-state index contributed by atoms with van der Waals surface area (Å²) < 4.78 is 11.4. The van der Waals surface area contributed by atoms with Crippen molar-refractivity contribution in [2.24, 2.45) is 5.92 Å². The van der Waals surface area contributed by atoms with Crippen LogP contribution in [-0.2, 0) is 14.3 Å². The van der Waals surface area contributed by atoms with Crippen LogP contribution in [0.4, 0.5) is 0 Å². The number of carbonyl (C=O) groups is 3. The third-order valence-electron chi connectivity index (χ3n) is 5.47. The first-order chi connectivity index (χ1) is 16.1. The highest BCUT2D eigenvalue weighted by molar-refractivity contribution is 7.12. The van der Waals surface area contributed by atoms with E-state index in [2.05, 4.69) is 0 Å². The Balaban J connectivity index is 1.34. The molecular formula is C25H25NO5S2. The zero-order valence-electron chi connectivity index (χ0n) is 18.1. The molecule has 0 unspecified atom stereocenters. The van der Waals surface area contributed by atoms with Gasteiger partial charge in [0.25, 0.3) is 0 Å². The zero-order valence-corrected chi connectivity index (χ0v) is 19.7. The maximum absolute atomic E-state index is 13.0. The fourth-order valence-electron chi connectivity index (χ4n) is 3.77. The number of nitrogens with zero attached hydrogens (tertiary/aromatic N) is 1. The van der Waals surface area contributed by atoms with Gasteiger partial charge in [-0.05, 0) is 47.9 Å². The Morgan fingerprint density at radius 1 is 1.00 bits per heavy atom. The molecule has 2 atom stereocenters. The van der Waals surface area contributed by atoms with E-state index in [1.165, 1.54) is 22.7 Å². The Kier molecular flexibility index (Phi) is 7.91. The number of thiophene rings is 2. The second-order valence-electron chi connectivity index (χ2n) is 7.76. The normalized spacial score (nSPS) is 16.7. The van der Waals surface area contributed by atoms with Crippen molar-refractivity contribution < 1.29 is 23.9 Å². The van der Waals surface area contributed by atoms with Crippen molar-refractivity contribution in [1.82, 2.24) is 4.90 Å². The van der Waals surface area contributed by atoms with Crippen LogP contribution in [0.5, 0.6) is 5.75 Å². The number of esters is 1. The van der Waals surface area contributed by atoms with Gasteiger partial charge in [-0.2, -0.15) is 0 Å². The standard InChI is InChI=1S/C25H25NO5S2/c27-22(12-14-30-19-8-2-1-3-9-19)26-13-4-7-18(17-26)25(29)31-24(21-11-6-16-33-21)23(28)20-10-5-15-32-20/h1-3,5-6,8-11,15-16,18,24H,4,7,12-14,17H2/t18-,24+/m0/s1. The second-order valence-corrected chi connectivity index (χ2v) is 9.69. The number of amides is 1. The molecule has 3 heterocycles. The van der Waals surface area contributed by atoms with Gasteiger partial charge in [-0.15, -0.1) is 22.7 Å². The van der Waals surface area contributed by atoms with E-state index < -0.39 is 18.0 Å². The molecule has 3 aromatic rings. The lowest BCUT2D eigenvalue weighted by atomic mass is 9.97. The molecule has 1 fully saturated rings. The number of carbonyl (C=O) groups excluding carboxylic acids is 3. The summed E-state index contributed by atoms with van der Waals surface area (Å²) >= 11 is 2.71. The highest BCUT2D eigenvalue weighted by atomic mass is 32.1. The largest absolute Gasteiger partial charge is 0.493 e. The molecule has 33 heavy (non-hydrogen) atoms. The van der Waals surface area contributed by atoms with Gasteiger partial charge < -0.3 is 14.4 Å². The molecule has 0 N–H and O–H groups in total. The van der Waals surface area contributed by atoms with E-state index in [4.69, 9.17) is 9.47 Å². The summed E-state index contributed by atoms with van der Waals surface area (Å²) in [4.78, 5) is 41.6. The van der Waals surface area contributed by atoms with Crippen LogP contribution in [0.15, 0.2) is 65.4 Å². The average Bonchev–Trinajstić information content (AvgIpc) is 3.57. The van der Waals surface area contributed by atoms with E-state index in [9.17, 15) is 14.4 Å². The van der Waals surface area contributed by atoms with Crippen LogP contribution < -0.4 is 4.74 Å². The molecule has 1 aliphatic rings. The molecule has 0 bridgehead atoms. The number of hydrogen-bond acceptors (Lipinski definition) is 7. The summed E-state index contributed by atoms with van der Waals surface area (Å²) in [5.74, 6) is -0.427. The molecule has 1 amide bonds. The van der Waals surface area contributed by atoms with E-state index in [-0.39, 0.29) is 24.7 Å². The number of piperidine rings is 1. The van der Waals surface area contributed by atoms with Crippen LogP contribution in [0.1, 0.15) is 39.9 Å². The lowest BCUT2D eigenvalue weighted by Gasteiger charge is -2.32. The van der Waals surface area contributed by atoms with Gasteiger partial charge in [0, 0.05) is 13.1 Å². The Morgan fingerprint density at radius 2 is 1.79 bits per heavy atom. The van der Waals surface area contributed by atoms with E-state index in [0.29, 0.717) is 35.7 Å². The molecule has 1 aromatic carbocycles. The highest BCUT2D eigenvalue weighted by Crippen LogP contribution is 2.30. The predicted molar refractivity (Wildman–Crippen MR) is 128 cm³/mol. The van der Waals surface area contributed by atoms with Gasteiger partial charge in [0.05, 0.1) is 28.7 Å². The summed E-state index contributed by atoms with van der Waals surface area (Å²) in [5.41, 5.74) is 0. The number of ether oxygens (including phenoxy) is 2. The number of benzene rings is 1. The Bertz CT molecular complexity index is 1050. The van der Waals surface area contributed by atoms with Crippen LogP contribution >= 0.6 is 22.7 Å². The van der Waals surface area contributed by atoms with Gasteiger partial charge in [0.15, 0.2) is 6.10 Å². The van der Waals surface area contributed by atoms with Crippen LogP contribution in [0, 0.1) is 5.92 Å². The van der Waals surface area contributed by atoms with Crippen molar-refractivity contribution in [1.29, 1.82) is 0 Å². The minimum Gasteiger partial charge on any atom is -0.493 e. The molecule has 0 aliphatic carbocycles. The number of rotatable bonds is 9. The van der Waals surface area contributed by atoms with Crippen LogP contribution in [0.25, 0.3) is 0 Å². The number of ketones is 1. The molecule has 172 valence electrons. The Morgan fingerprint density at radius 3 is 2.52 bits per heavy atom. The van der Waals surface area contributed by atoms with Crippen LogP contribution in [0.2, 0.25) is 0 Å². The third-order valence-corrected chi connectivity index (χ3v) is 7.27. The summed E-state index contributed by atoms with van der Waals surface area (Å²) in [6, 6.07) is 16.5. The van der Waals surface area contributed by atoms with Gasteiger partial charge in [-0.3, -0.25) is 14.4 Å². The molecule has 8 heteroatoms. The highest BCUT2D eigenvalue weighted by Gasteiger charge is 2.34. The topological polar surface area (TPSA) is 72.9 Å². The second kappa shape index (κ2) is 11.2. The van der Waals surface area contributed by atoms with Crippen LogP contribution in [-0.4, -0.2) is 42.3 Å². The summed E-state index contributed by atoms with van der Waals surface area (Å²) in [7, 11) is 0. The van der Waals surface area contributed by atoms with Gasteiger partial charge in [0.2, 0.25) is 11.7 Å². The molecule has 1 aliphatic heterocycles. The molecule has 1 saturated heterocycles. The van der Waals surface area contributed by atoms with Gasteiger partial charge in [-0.25, -0.2) is 0 Å². The quantitative estimate of drug-likeness (QED) is 0.317. The van der Waals surface area contributed by atoms with Crippen molar-refractivity contribution >= 4 is 40.3 Å². The van der Waals surface area contributed by atoms with E-state index in [1.54, 1.807) is 23.1 Å². The minimum absolute atomic E-state index is 0.0482. The molecular weight excluding hydrogens is 458 g/mol. The van der Waals surface area contributed by atoms with E-state index in [1.807, 2.05) is 47.2 Å². The smallest absolute Gasteiger partial charge is 0.311 e. The number of Topliss-reactive ketones (excluding diaryl/α,β-unsaturated/α-hetero) is 1. The minimum atomic E-state index is -0.957. The molecule has 2 aromatic heterocycles. The molecule has 0 spiro atoms. The lowest BCUT2D eigenvalue weighted by molar-refractivity contribution is -0.155. The van der Waals surface area contributed by atoms with E-state index in [0.717, 1.165) is 5.75 Å². The molecule has 4 rings (SSSR count). The van der Waals surface area contributed by atoms with Crippen LogP contribution in [0.3, 0.4) is 0 Å². The monoisotopic (exact) mass is 483 g/mol. The first-order valence-electron chi connectivity index (χ1n) is 10.9. The number of hydrogen-bond donors (Lipinski definition) is 0. The van der Waals surface area contributed by atoms with Crippen molar-refractivity contribution in [3.05, 3.63) is 75.1 Å². The fraction of sp³-hybridized carbons (Fsp3) is 0.320. The first kappa shape index (κ1) is 23.2. The summed E-state index contributed by atoms with van der Waals surface area (Å²) in [6.07, 6.45) is 0.633. The van der Waals surface area contributed by atoms with Crippen molar-refractivity contribution in [2.45, 2.75) is 25.4 Å². The maximum Gasteiger partial charge on any atom is 0.311 e. The summed E-state index contributed by atoms with van der Waals surface area (Å²) in [5, 5.41) is 3.68. The maximum atomic E-state index is 13.0. The van der Waals surface area contributed by atoms with Gasteiger partial charge >= 0.3 is 5.97 Å². The van der Waals surface area contributed by atoms with Crippen molar-refractivity contribution in [2.75, 3.05) is 19.7 Å². The van der Waals surface area contributed by atoms with Crippen molar-refractivity contribution in [3.8, 4) is 5.75 Å². The SMILES string of the molecule is O=C(O[C@@H](C(=O)c1cccs1)c1cccs1)[C@H]1CCCN(C(=O)CCOc2ccccc2)C1. The average molecular weight is 484 g/mol. The number of para-hydroxylation sites is 1. The van der Waals surface area contributed by atoms with Gasteiger partial charge in [0.1, 0.15) is 5.75 Å². The zero-order chi connectivity index (χ0) is 23.0. The predicted octanol–water partition coefficient (Wildman–Crippen LogP) is 4.98. The van der Waals surface area contributed by atoms with Gasteiger partial charge in [-0.1, -0.05) is 30.3 Å². The number of likely N-dealkylation sites (tertiary alicyclic amines) is 1. The third kappa shape index (κ3) is 6.09. The molecule has 6 nitrogen and oxygen atoms in total. The Labute approximate surface area is 200 Å². The summed E-state index contributed by atoms with van der Waals surface area (Å²) in [6.45, 7) is 1.19. The first-order valence-corrected chi connectivity index (χ1v) is 12.6. The van der Waals surface area contributed by atoms with E-state index >= 15 is 0 Å². The molecule has 0 saturated carbocycles. The molecule has 0 radical (unpaired) electrons.